The second kappa shape index (κ2) is 22.6. The van der Waals surface area contributed by atoms with Gasteiger partial charge in [-0.3, -0.25) is 0 Å². The molecule has 168 valence electrons. The van der Waals surface area contributed by atoms with Crippen LogP contribution in [0.5, 0.6) is 17.4 Å². The molecule has 1 aromatic heterocycles. The third-order valence-corrected chi connectivity index (χ3v) is 2.07. The van der Waals surface area contributed by atoms with Crippen molar-refractivity contribution < 1.29 is 74.5 Å². The summed E-state index contributed by atoms with van der Waals surface area (Å²) in [5, 5.41) is 86.0. The van der Waals surface area contributed by atoms with Crippen LogP contribution in [0.2, 0.25) is 0 Å². The van der Waals surface area contributed by atoms with Crippen LogP contribution < -0.4 is 18.4 Å². The van der Waals surface area contributed by atoms with Gasteiger partial charge in [-0.15, -0.1) is 0 Å². The Morgan fingerprint density at radius 3 is 1.07 bits per heavy atom. The summed E-state index contributed by atoms with van der Waals surface area (Å²) in [7, 11) is -3.89. The Balaban J connectivity index is -0.000000174. The van der Waals surface area contributed by atoms with Gasteiger partial charge in [0.1, 0.15) is 0 Å². The van der Waals surface area contributed by atoms with Gasteiger partial charge in [0.15, 0.2) is 0 Å². The van der Waals surface area contributed by atoms with Crippen molar-refractivity contribution in [1.29, 1.82) is 0 Å². The summed E-state index contributed by atoms with van der Waals surface area (Å²) in [6, 6.07) is 0. The fourth-order valence-corrected chi connectivity index (χ4v) is 1.40. The molecule has 0 aromatic carbocycles. The summed E-state index contributed by atoms with van der Waals surface area (Å²) in [4.78, 5) is 4.24. The first kappa shape index (κ1) is 36.3. The molecule has 16 nitrogen and oxygen atoms in total. The average Bonchev–Trinajstić information content (AvgIpc) is 2.54. The van der Waals surface area contributed by atoms with Gasteiger partial charge in [-0.1, -0.05) is 0 Å². The maximum absolute atomic E-state index is 7.17. The summed E-state index contributed by atoms with van der Waals surface area (Å²) < 4.78 is 16.4. The Morgan fingerprint density at radius 1 is 0.600 bits per heavy atom. The van der Waals surface area contributed by atoms with Crippen LogP contribution in [0.1, 0.15) is 5.69 Å². The zero-order valence-corrected chi connectivity index (χ0v) is 16.8. The fraction of sp³-hybridized carbons (Fsp3) is 0.444. The molecule has 0 saturated heterocycles. The number of aryl methyl sites for hydroxylation is 1. The zero-order chi connectivity index (χ0) is 25.0. The van der Waals surface area contributed by atoms with Crippen molar-refractivity contribution in [3.05, 3.63) is 5.69 Å². The third-order valence-electron chi connectivity index (χ3n) is 2.07. The van der Waals surface area contributed by atoms with E-state index < -0.39 is 29.3 Å². The molecule has 0 saturated carbocycles. The van der Waals surface area contributed by atoms with E-state index in [1.807, 2.05) is 24.6 Å². The monoisotopic (exact) mass is 437 g/mol. The molecule has 0 amide bonds. The Kier molecular flexibility index (Phi) is 27.4. The standard InChI is InChI=1S/C9H12NO3.4BH3O3.Li/c1-6-9(13-4)7(11-2)5-8(10-6)12-3;4*2-1(3)4;/h1-4H3;4*2-4H;. The molecule has 0 aliphatic carbocycles. The van der Waals surface area contributed by atoms with Gasteiger partial charge in [-0.25, -0.2) is 0 Å². The first-order chi connectivity index (χ1) is 13.6. The van der Waals surface area contributed by atoms with Crippen molar-refractivity contribution in [3.63, 3.8) is 0 Å². The van der Waals surface area contributed by atoms with Gasteiger partial charge < -0.3 is 60.3 Å². The van der Waals surface area contributed by atoms with Gasteiger partial charge in [-0.2, -0.15) is 0 Å². The van der Waals surface area contributed by atoms with Crippen LogP contribution in [0.25, 0.3) is 0 Å². The Hall–Kier alpha value is -1.07. The molecule has 0 atom stereocenters. The number of hydrogen-bond acceptors (Lipinski definition) is 16. The molecule has 12 N–H and O–H groups in total. The van der Waals surface area contributed by atoms with E-state index in [4.69, 9.17) is 74.5 Å². The van der Waals surface area contributed by atoms with Crippen molar-refractivity contribution in [1.82, 2.24) is 4.98 Å². The van der Waals surface area contributed by atoms with Crippen LogP contribution >= 0.6 is 0 Å². The van der Waals surface area contributed by atoms with Crippen LogP contribution in [0, 0.1) is 6.92 Å². The predicted octanol–water partition coefficient (Wildman–Crippen LogP) is -8.00. The van der Waals surface area contributed by atoms with E-state index in [1.54, 1.807) is 21.3 Å². The van der Waals surface area contributed by atoms with Crippen molar-refractivity contribution >= 4 is 51.2 Å². The van der Waals surface area contributed by atoms with Gasteiger partial charge in [0.25, 0.3) is 0 Å². The van der Waals surface area contributed by atoms with E-state index in [0.717, 1.165) is 9.93 Å². The second-order valence-corrected chi connectivity index (χ2v) is 4.28. The quantitative estimate of drug-likeness (QED) is 0.196. The number of nitrogens with zero attached hydrogens (tertiary/aromatic N) is 1. The summed E-state index contributed by atoms with van der Waals surface area (Å²) in [5.74, 6) is 1.91. The van der Waals surface area contributed by atoms with E-state index in [-0.39, 0.29) is 0 Å². The molecule has 0 spiro atoms. The van der Waals surface area contributed by atoms with Crippen LogP contribution in [0.4, 0.5) is 0 Å². The maximum atomic E-state index is 7.17. The summed E-state index contributed by atoms with van der Waals surface area (Å²) >= 11 is 1.88. The molecule has 30 heavy (non-hydrogen) atoms. The van der Waals surface area contributed by atoms with Crippen LogP contribution in [0.3, 0.4) is 0 Å². The number of aromatic nitrogens is 1. The van der Waals surface area contributed by atoms with Crippen molar-refractivity contribution in [2.75, 3.05) is 21.3 Å². The van der Waals surface area contributed by atoms with E-state index in [2.05, 4.69) is 4.98 Å². The molecule has 1 aromatic rings. The SMILES string of the molecule is OB(O)O.OB(O)O.OB(O)O.OB(O)O.[Li][c]1c(OC)nc(C)c(OC)c1OC. The molecule has 1 heterocycles. The predicted molar refractivity (Wildman–Crippen MR) is 104 cm³/mol. The topological polar surface area (TPSA) is 283 Å². The normalized spacial score (nSPS) is 8.20. The summed E-state index contributed by atoms with van der Waals surface area (Å²) in [6.07, 6.45) is 0. The minimum atomic E-state index is -2.17. The third kappa shape index (κ3) is 29.1. The molecule has 0 aliphatic rings. The Morgan fingerprint density at radius 2 is 0.867 bits per heavy atom. The van der Waals surface area contributed by atoms with E-state index in [1.165, 1.54) is 0 Å². The molecular formula is C9H24B4LiNO15. The number of ether oxygens (including phenoxy) is 3. The van der Waals surface area contributed by atoms with E-state index >= 15 is 0 Å². The fourth-order valence-electron chi connectivity index (χ4n) is 1.40. The zero-order valence-electron chi connectivity index (χ0n) is 16.8. The van der Waals surface area contributed by atoms with E-state index in [9.17, 15) is 0 Å². The molecule has 21 heteroatoms. The number of hydrogen-bond donors (Lipinski definition) is 12. The van der Waals surface area contributed by atoms with Crippen molar-refractivity contribution in [3.8, 4) is 17.4 Å². The summed E-state index contributed by atoms with van der Waals surface area (Å²) in [5.41, 5.74) is 0.756. The van der Waals surface area contributed by atoms with E-state index in [0.29, 0.717) is 17.4 Å². The molecule has 0 unspecified atom stereocenters. The number of pyridine rings is 1. The Labute approximate surface area is 182 Å². The molecule has 0 aliphatic heterocycles. The van der Waals surface area contributed by atoms with Crippen molar-refractivity contribution in [2.24, 2.45) is 0 Å². The number of methoxy groups -OCH3 is 3. The Bertz CT molecular complexity index is 492. The van der Waals surface area contributed by atoms with Gasteiger partial charge in [0, 0.05) is 0 Å². The molecule has 1 rings (SSSR count). The van der Waals surface area contributed by atoms with Gasteiger partial charge >= 0.3 is 122 Å². The van der Waals surface area contributed by atoms with Crippen LogP contribution in [0.15, 0.2) is 0 Å². The molecule has 0 radical (unpaired) electrons. The first-order valence-electron chi connectivity index (χ1n) is 7.38. The van der Waals surface area contributed by atoms with Crippen LogP contribution in [-0.2, 0) is 0 Å². The minimum absolute atomic E-state index is 0.570. The average molecular weight is 436 g/mol. The van der Waals surface area contributed by atoms with Gasteiger partial charge in [-0.05, 0) is 0 Å². The molecule has 0 fully saturated rings. The first-order valence-corrected chi connectivity index (χ1v) is 7.38. The van der Waals surface area contributed by atoms with Crippen LogP contribution in [-0.4, -0.2) is 134 Å². The van der Waals surface area contributed by atoms with Crippen molar-refractivity contribution in [2.45, 2.75) is 6.92 Å². The number of rotatable bonds is 3. The van der Waals surface area contributed by atoms with Gasteiger partial charge in [0.2, 0.25) is 0 Å². The molecular weight excluding hydrogens is 412 g/mol. The molecule has 0 bridgehead atoms. The second-order valence-electron chi connectivity index (χ2n) is 4.28. The summed E-state index contributed by atoms with van der Waals surface area (Å²) in [6.45, 7) is 1.85. The van der Waals surface area contributed by atoms with Gasteiger partial charge in [0.05, 0.1) is 0 Å².